The molecule has 0 unspecified atom stereocenters. The molecule has 4 aliphatic carbocycles. The second-order valence-electron chi connectivity index (χ2n) is 9.00. The van der Waals surface area contributed by atoms with Crippen molar-refractivity contribution in [2.75, 3.05) is 5.32 Å². The Kier molecular flexibility index (Phi) is 3.29. The quantitative estimate of drug-likeness (QED) is 0.542. The van der Waals surface area contributed by atoms with Gasteiger partial charge in [0.15, 0.2) is 5.13 Å². The Labute approximate surface area is 167 Å². The van der Waals surface area contributed by atoms with Gasteiger partial charge in [0.1, 0.15) is 0 Å². The van der Waals surface area contributed by atoms with Crippen LogP contribution in [0.4, 0.5) is 5.13 Å². The van der Waals surface area contributed by atoms with Gasteiger partial charge in [0.25, 0.3) is 0 Å². The smallest absolute Gasteiger partial charge is 0.232 e. The number of rotatable bonds is 2. The summed E-state index contributed by atoms with van der Waals surface area (Å²) in [6.45, 7) is 0. The zero-order valence-electron chi connectivity index (χ0n) is 15.0. The minimum Gasteiger partial charge on any atom is -0.301 e. The van der Waals surface area contributed by atoms with E-state index in [2.05, 4.69) is 29.6 Å². The Morgan fingerprint density at radius 2 is 1.89 bits per heavy atom. The van der Waals surface area contributed by atoms with Crippen LogP contribution < -0.4 is 5.32 Å². The van der Waals surface area contributed by atoms with E-state index in [0.717, 1.165) is 47.7 Å². The number of anilines is 1. The highest BCUT2D eigenvalue weighted by Crippen LogP contribution is 2.64. The van der Waals surface area contributed by atoms with E-state index >= 15 is 0 Å². The molecule has 2 aromatic carbocycles. The number of amides is 1. The van der Waals surface area contributed by atoms with Gasteiger partial charge in [0, 0.05) is 10.3 Å². The predicted molar refractivity (Wildman–Crippen MR) is 111 cm³/mol. The molecule has 4 fully saturated rings. The van der Waals surface area contributed by atoms with Gasteiger partial charge in [0.05, 0.1) is 15.6 Å². The number of alkyl halides is 1. The van der Waals surface area contributed by atoms with Crippen LogP contribution >= 0.6 is 22.9 Å². The third-order valence-corrected chi connectivity index (χ3v) is 8.35. The van der Waals surface area contributed by atoms with Crippen molar-refractivity contribution in [3.05, 3.63) is 36.4 Å². The number of nitrogens with one attached hydrogen (secondary N) is 1. The first-order valence-electron chi connectivity index (χ1n) is 9.81. The van der Waals surface area contributed by atoms with Crippen molar-refractivity contribution < 1.29 is 4.79 Å². The maximum Gasteiger partial charge on any atom is 0.232 e. The van der Waals surface area contributed by atoms with Crippen LogP contribution in [0.15, 0.2) is 36.4 Å². The fourth-order valence-electron chi connectivity index (χ4n) is 6.36. The molecule has 1 amide bonds. The first-order valence-corrected chi connectivity index (χ1v) is 11.0. The van der Waals surface area contributed by atoms with E-state index in [0.29, 0.717) is 17.0 Å². The summed E-state index contributed by atoms with van der Waals surface area (Å²) in [5, 5.41) is 6.21. The molecule has 1 aromatic heterocycles. The lowest BCUT2D eigenvalue weighted by Crippen LogP contribution is -2.57. The Balaban J connectivity index is 1.35. The highest BCUT2D eigenvalue weighted by atomic mass is 35.5. The van der Waals surface area contributed by atoms with Gasteiger partial charge >= 0.3 is 0 Å². The molecule has 1 N–H and O–H groups in total. The van der Waals surface area contributed by atoms with Gasteiger partial charge in [-0.2, -0.15) is 0 Å². The van der Waals surface area contributed by atoms with E-state index in [9.17, 15) is 4.79 Å². The SMILES string of the molecule is O=C(Nc1nc2c(ccc3ccccc32)s1)C12C[C@H]3C[C@@H](CC(Cl)(C3)C1)C2. The second kappa shape index (κ2) is 5.45. The average molecular weight is 397 g/mol. The fourth-order valence-corrected chi connectivity index (χ4v) is 7.93. The molecule has 7 rings (SSSR count). The first-order chi connectivity index (χ1) is 13.0. The van der Waals surface area contributed by atoms with Crippen molar-refractivity contribution >= 4 is 55.0 Å². The Morgan fingerprint density at radius 3 is 2.67 bits per heavy atom. The molecule has 0 radical (unpaired) electrons. The first kappa shape index (κ1) is 16.3. The highest BCUT2D eigenvalue weighted by Gasteiger charge is 2.60. The number of nitrogens with zero attached hydrogens (tertiary/aromatic N) is 1. The molecule has 4 saturated carbocycles. The van der Waals surface area contributed by atoms with Crippen LogP contribution in [0, 0.1) is 17.3 Å². The molecule has 138 valence electrons. The van der Waals surface area contributed by atoms with Crippen LogP contribution in [0.5, 0.6) is 0 Å². The normalized spacial score (nSPS) is 34.4. The molecule has 2 atom stereocenters. The number of thiazole rings is 1. The summed E-state index contributed by atoms with van der Waals surface area (Å²) in [5.74, 6) is 1.38. The standard InChI is InChI=1S/C22H21ClN2OS/c23-22-10-13-7-14(11-22)9-21(8-13,12-22)19(26)25-20-24-18-16-4-2-1-3-15(16)5-6-17(18)27-20/h1-6,13-14H,7-12H2,(H,24,25,26)/t13-,14-,21?,22?/m1/s1. The van der Waals surface area contributed by atoms with Gasteiger partial charge in [0.2, 0.25) is 5.91 Å². The zero-order chi connectivity index (χ0) is 18.2. The largest absolute Gasteiger partial charge is 0.301 e. The molecule has 0 spiro atoms. The molecule has 1 heterocycles. The van der Waals surface area contributed by atoms with Crippen molar-refractivity contribution in [3.8, 4) is 0 Å². The number of aromatic nitrogens is 1. The van der Waals surface area contributed by atoms with Gasteiger partial charge in [-0.15, -0.1) is 11.6 Å². The Morgan fingerprint density at radius 1 is 1.11 bits per heavy atom. The molecule has 3 nitrogen and oxygen atoms in total. The molecule has 0 aliphatic heterocycles. The molecule has 5 heteroatoms. The molecular weight excluding hydrogens is 376 g/mol. The van der Waals surface area contributed by atoms with Gasteiger partial charge in [-0.3, -0.25) is 4.79 Å². The van der Waals surface area contributed by atoms with Gasteiger partial charge in [-0.1, -0.05) is 41.7 Å². The monoisotopic (exact) mass is 396 g/mol. The molecule has 4 aliphatic rings. The number of halogens is 1. The van der Waals surface area contributed by atoms with Crippen molar-refractivity contribution in [3.63, 3.8) is 0 Å². The number of hydrogen-bond acceptors (Lipinski definition) is 3. The lowest BCUT2D eigenvalue weighted by molar-refractivity contribution is -0.138. The highest BCUT2D eigenvalue weighted by molar-refractivity contribution is 7.22. The zero-order valence-corrected chi connectivity index (χ0v) is 16.6. The maximum absolute atomic E-state index is 13.3. The van der Waals surface area contributed by atoms with Crippen LogP contribution in [-0.2, 0) is 4.79 Å². The molecule has 4 bridgehead atoms. The van der Waals surface area contributed by atoms with Crippen LogP contribution in [0.25, 0.3) is 21.0 Å². The number of carbonyl (C=O) groups is 1. The molecule has 3 aromatic rings. The van der Waals surface area contributed by atoms with Crippen LogP contribution in [0.2, 0.25) is 0 Å². The van der Waals surface area contributed by atoms with Crippen molar-refractivity contribution in [1.29, 1.82) is 0 Å². The van der Waals surface area contributed by atoms with Gasteiger partial charge in [-0.05, 0) is 61.8 Å². The van der Waals surface area contributed by atoms with E-state index < -0.39 is 0 Å². The topological polar surface area (TPSA) is 42.0 Å². The van der Waals surface area contributed by atoms with E-state index in [1.807, 2.05) is 12.1 Å². The molecule has 0 saturated heterocycles. The number of hydrogen-bond donors (Lipinski definition) is 1. The summed E-state index contributed by atoms with van der Waals surface area (Å²) in [7, 11) is 0. The van der Waals surface area contributed by atoms with E-state index in [4.69, 9.17) is 16.6 Å². The minimum atomic E-state index is -0.286. The van der Waals surface area contributed by atoms with Crippen LogP contribution in [-0.4, -0.2) is 15.8 Å². The minimum absolute atomic E-state index is 0.144. The summed E-state index contributed by atoms with van der Waals surface area (Å²) in [4.78, 5) is 18.0. The van der Waals surface area contributed by atoms with Crippen LogP contribution in [0.1, 0.15) is 38.5 Å². The summed E-state index contributed by atoms with van der Waals surface area (Å²) < 4.78 is 1.11. The summed E-state index contributed by atoms with van der Waals surface area (Å²) >= 11 is 8.47. The lowest BCUT2D eigenvalue weighted by Gasteiger charge is -2.59. The summed E-state index contributed by atoms with van der Waals surface area (Å²) in [5.41, 5.74) is 0.693. The van der Waals surface area contributed by atoms with Crippen molar-refractivity contribution in [1.82, 2.24) is 4.98 Å². The van der Waals surface area contributed by atoms with E-state index in [1.54, 1.807) is 11.3 Å². The third-order valence-electron chi connectivity index (χ3n) is 6.98. The maximum atomic E-state index is 13.3. The Hall–Kier alpha value is -1.65. The second-order valence-corrected chi connectivity index (χ2v) is 10.8. The number of fused-ring (bicyclic) bond motifs is 3. The van der Waals surface area contributed by atoms with Crippen LogP contribution in [0.3, 0.4) is 0 Å². The van der Waals surface area contributed by atoms with E-state index in [1.165, 1.54) is 11.8 Å². The number of carbonyl (C=O) groups excluding carboxylic acids is 1. The van der Waals surface area contributed by atoms with E-state index in [-0.39, 0.29) is 16.2 Å². The number of benzene rings is 2. The Bertz CT molecular complexity index is 1080. The molecule has 27 heavy (non-hydrogen) atoms. The van der Waals surface area contributed by atoms with Crippen molar-refractivity contribution in [2.45, 2.75) is 43.4 Å². The summed E-state index contributed by atoms with van der Waals surface area (Å²) in [6, 6.07) is 12.5. The van der Waals surface area contributed by atoms with Gasteiger partial charge in [-0.25, -0.2) is 4.98 Å². The van der Waals surface area contributed by atoms with Crippen molar-refractivity contribution in [2.24, 2.45) is 17.3 Å². The lowest BCUT2D eigenvalue weighted by atomic mass is 9.49. The average Bonchev–Trinajstić information content (AvgIpc) is 3.02. The fraction of sp³-hybridized carbons (Fsp3) is 0.455. The third kappa shape index (κ3) is 2.46. The summed E-state index contributed by atoms with van der Waals surface area (Å²) in [6.07, 6.45) is 6.26. The molecular formula is C22H21ClN2OS. The predicted octanol–water partition coefficient (Wildman–Crippen LogP) is 5.97. The van der Waals surface area contributed by atoms with Gasteiger partial charge < -0.3 is 5.32 Å².